The Balaban J connectivity index is 1.79. The first kappa shape index (κ1) is 22.9. The largest absolute Gasteiger partial charge is 0.444 e. The number of hydrogen-bond donors (Lipinski definition) is 3. The molecule has 0 aliphatic rings. The Morgan fingerprint density at radius 1 is 0.900 bits per heavy atom. The van der Waals surface area contributed by atoms with Gasteiger partial charge in [0.15, 0.2) is 0 Å². The summed E-state index contributed by atoms with van der Waals surface area (Å²) in [5.74, 6) is -0.448. The van der Waals surface area contributed by atoms with E-state index in [-0.39, 0.29) is 18.4 Å². The molecule has 0 bridgehead atoms. The van der Waals surface area contributed by atoms with Crippen molar-refractivity contribution in [2.24, 2.45) is 0 Å². The highest BCUT2D eigenvalue weighted by Crippen LogP contribution is 2.11. The summed E-state index contributed by atoms with van der Waals surface area (Å²) in [6.07, 6.45) is -0.338. The molecular formula is C23H29N3O4. The Kier molecular flexibility index (Phi) is 7.98. The van der Waals surface area contributed by atoms with Crippen molar-refractivity contribution >= 4 is 23.6 Å². The molecular weight excluding hydrogens is 382 g/mol. The van der Waals surface area contributed by atoms with Gasteiger partial charge in [-0.15, -0.1) is 0 Å². The van der Waals surface area contributed by atoms with Crippen molar-refractivity contribution in [1.29, 1.82) is 0 Å². The van der Waals surface area contributed by atoms with Gasteiger partial charge in [-0.25, -0.2) is 4.79 Å². The SMILES string of the molecule is Cc1ccc(CC(=O)NCc2cccc(NC(=O)CNC(=O)OC(C)(C)C)c2)cc1. The van der Waals surface area contributed by atoms with E-state index in [0.717, 1.165) is 16.7 Å². The predicted octanol–water partition coefficient (Wildman–Crippen LogP) is 3.32. The summed E-state index contributed by atoms with van der Waals surface area (Å²) in [7, 11) is 0. The van der Waals surface area contributed by atoms with Gasteiger partial charge in [-0.3, -0.25) is 9.59 Å². The summed E-state index contributed by atoms with van der Waals surface area (Å²) in [6, 6.07) is 15.0. The maximum atomic E-state index is 12.1. The molecule has 3 amide bonds. The van der Waals surface area contributed by atoms with Crippen LogP contribution in [0.4, 0.5) is 10.5 Å². The van der Waals surface area contributed by atoms with E-state index in [1.165, 1.54) is 0 Å². The lowest BCUT2D eigenvalue weighted by Crippen LogP contribution is -2.37. The van der Waals surface area contributed by atoms with Crippen LogP contribution < -0.4 is 16.0 Å². The highest BCUT2D eigenvalue weighted by molar-refractivity contribution is 5.93. The smallest absolute Gasteiger partial charge is 0.408 e. The number of carbonyl (C=O) groups excluding carboxylic acids is 3. The lowest BCUT2D eigenvalue weighted by molar-refractivity contribution is -0.120. The van der Waals surface area contributed by atoms with Crippen molar-refractivity contribution in [3.8, 4) is 0 Å². The molecule has 30 heavy (non-hydrogen) atoms. The molecule has 0 aliphatic carbocycles. The minimum Gasteiger partial charge on any atom is -0.444 e. The second kappa shape index (κ2) is 10.4. The molecule has 7 heteroatoms. The first-order valence-electron chi connectivity index (χ1n) is 9.78. The zero-order valence-corrected chi connectivity index (χ0v) is 17.9. The number of benzene rings is 2. The second-order valence-corrected chi connectivity index (χ2v) is 8.04. The molecule has 0 saturated carbocycles. The lowest BCUT2D eigenvalue weighted by Gasteiger charge is -2.19. The topological polar surface area (TPSA) is 96.5 Å². The van der Waals surface area contributed by atoms with Crippen LogP contribution in [-0.4, -0.2) is 30.1 Å². The Morgan fingerprint density at radius 2 is 1.60 bits per heavy atom. The van der Waals surface area contributed by atoms with Gasteiger partial charge in [0, 0.05) is 12.2 Å². The third-order valence-electron chi connectivity index (χ3n) is 3.98. The number of hydrogen-bond acceptors (Lipinski definition) is 4. The van der Waals surface area contributed by atoms with Gasteiger partial charge in [0.25, 0.3) is 0 Å². The van der Waals surface area contributed by atoms with E-state index in [4.69, 9.17) is 4.74 Å². The third-order valence-corrected chi connectivity index (χ3v) is 3.98. The molecule has 7 nitrogen and oxygen atoms in total. The number of anilines is 1. The zero-order valence-electron chi connectivity index (χ0n) is 17.9. The van der Waals surface area contributed by atoms with E-state index in [2.05, 4.69) is 16.0 Å². The molecule has 3 N–H and O–H groups in total. The number of aryl methyl sites for hydroxylation is 1. The average molecular weight is 412 g/mol. The van der Waals surface area contributed by atoms with Gasteiger partial charge in [0.1, 0.15) is 12.1 Å². The van der Waals surface area contributed by atoms with Crippen LogP contribution in [0.25, 0.3) is 0 Å². The van der Waals surface area contributed by atoms with Crippen LogP contribution in [0.15, 0.2) is 48.5 Å². The van der Waals surface area contributed by atoms with Gasteiger partial charge in [-0.05, 0) is 51.0 Å². The molecule has 0 aliphatic heterocycles. The molecule has 0 atom stereocenters. The van der Waals surface area contributed by atoms with Crippen molar-refractivity contribution < 1.29 is 19.1 Å². The van der Waals surface area contributed by atoms with Crippen LogP contribution in [0.2, 0.25) is 0 Å². The molecule has 0 heterocycles. The number of ether oxygens (including phenoxy) is 1. The Hall–Kier alpha value is -3.35. The number of carbonyl (C=O) groups is 3. The molecule has 0 aromatic heterocycles. The number of amides is 3. The van der Waals surface area contributed by atoms with Gasteiger partial charge < -0.3 is 20.7 Å². The monoisotopic (exact) mass is 411 g/mol. The normalized spacial score (nSPS) is 10.8. The Bertz CT molecular complexity index is 886. The van der Waals surface area contributed by atoms with Crippen LogP contribution in [0, 0.1) is 6.92 Å². The van der Waals surface area contributed by atoms with Crippen molar-refractivity contribution in [1.82, 2.24) is 10.6 Å². The highest BCUT2D eigenvalue weighted by atomic mass is 16.6. The summed E-state index contributed by atoms with van der Waals surface area (Å²) >= 11 is 0. The summed E-state index contributed by atoms with van der Waals surface area (Å²) in [5, 5.41) is 8.00. The zero-order chi connectivity index (χ0) is 22.1. The first-order valence-corrected chi connectivity index (χ1v) is 9.78. The maximum Gasteiger partial charge on any atom is 0.408 e. The quantitative estimate of drug-likeness (QED) is 0.651. The maximum absolute atomic E-state index is 12.1. The second-order valence-electron chi connectivity index (χ2n) is 8.04. The number of nitrogens with one attached hydrogen (secondary N) is 3. The number of rotatable bonds is 7. The van der Waals surface area contributed by atoms with Crippen molar-refractivity contribution in [2.45, 2.75) is 46.3 Å². The minimum absolute atomic E-state index is 0.0742. The van der Waals surface area contributed by atoms with Gasteiger partial charge in [-0.1, -0.05) is 42.0 Å². The summed E-state index contributed by atoms with van der Waals surface area (Å²) in [6.45, 7) is 7.40. The van der Waals surface area contributed by atoms with Gasteiger partial charge in [-0.2, -0.15) is 0 Å². The fourth-order valence-electron chi connectivity index (χ4n) is 2.59. The fourth-order valence-corrected chi connectivity index (χ4v) is 2.59. The molecule has 160 valence electrons. The summed E-state index contributed by atoms with van der Waals surface area (Å²) in [5.41, 5.74) is 2.91. The predicted molar refractivity (Wildman–Crippen MR) is 116 cm³/mol. The van der Waals surface area contributed by atoms with Crippen LogP contribution >= 0.6 is 0 Å². The molecule has 0 spiro atoms. The third kappa shape index (κ3) is 8.77. The fraction of sp³-hybridized carbons (Fsp3) is 0.348. The summed E-state index contributed by atoms with van der Waals surface area (Å²) < 4.78 is 5.09. The van der Waals surface area contributed by atoms with Crippen LogP contribution in [0.3, 0.4) is 0 Å². The summed E-state index contributed by atoms with van der Waals surface area (Å²) in [4.78, 5) is 35.8. The molecule has 0 fully saturated rings. The van der Waals surface area contributed by atoms with Crippen molar-refractivity contribution in [2.75, 3.05) is 11.9 Å². The van der Waals surface area contributed by atoms with Crippen LogP contribution in [0.5, 0.6) is 0 Å². The molecule has 0 saturated heterocycles. The van der Waals surface area contributed by atoms with E-state index in [1.807, 2.05) is 37.3 Å². The highest BCUT2D eigenvalue weighted by Gasteiger charge is 2.16. The van der Waals surface area contributed by atoms with Crippen molar-refractivity contribution in [3.63, 3.8) is 0 Å². The van der Waals surface area contributed by atoms with E-state index < -0.39 is 11.7 Å². The van der Waals surface area contributed by atoms with Crippen molar-refractivity contribution in [3.05, 3.63) is 65.2 Å². The molecule has 0 radical (unpaired) electrons. The van der Waals surface area contributed by atoms with Gasteiger partial charge >= 0.3 is 6.09 Å². The van der Waals surface area contributed by atoms with Gasteiger partial charge in [0.2, 0.25) is 11.8 Å². The van der Waals surface area contributed by atoms with E-state index in [0.29, 0.717) is 18.7 Å². The lowest BCUT2D eigenvalue weighted by atomic mass is 10.1. The molecule has 2 rings (SSSR count). The number of alkyl carbamates (subject to hydrolysis) is 1. The molecule has 2 aromatic carbocycles. The van der Waals surface area contributed by atoms with Crippen LogP contribution in [0.1, 0.15) is 37.5 Å². The Morgan fingerprint density at radius 3 is 2.27 bits per heavy atom. The average Bonchev–Trinajstić information content (AvgIpc) is 2.66. The van der Waals surface area contributed by atoms with E-state index >= 15 is 0 Å². The van der Waals surface area contributed by atoms with Crippen LogP contribution in [-0.2, 0) is 27.3 Å². The van der Waals surface area contributed by atoms with E-state index in [9.17, 15) is 14.4 Å². The van der Waals surface area contributed by atoms with Gasteiger partial charge in [0.05, 0.1) is 6.42 Å². The molecule has 0 unspecified atom stereocenters. The first-order chi connectivity index (χ1) is 14.1. The standard InChI is InChI=1S/C23H29N3O4/c1-16-8-10-17(11-9-16)13-20(27)24-14-18-6-5-7-19(12-18)26-21(28)15-25-22(29)30-23(2,3)4/h5-12H,13-15H2,1-4H3,(H,24,27)(H,25,29)(H,26,28). The molecule has 2 aromatic rings. The Labute approximate surface area is 177 Å². The van der Waals surface area contributed by atoms with E-state index in [1.54, 1.807) is 39.0 Å². The minimum atomic E-state index is -0.650.